The zero-order valence-electron chi connectivity index (χ0n) is 21.9. The van der Waals surface area contributed by atoms with Crippen LogP contribution in [0.1, 0.15) is 32.6 Å². The minimum atomic E-state index is -1.52. The summed E-state index contributed by atoms with van der Waals surface area (Å²) < 4.78 is 14.3. The van der Waals surface area contributed by atoms with E-state index in [2.05, 4.69) is 16.8 Å². The molecular formula is C28H35FN4O6. The molecule has 1 amide bonds. The molecule has 2 fully saturated rings. The Labute approximate surface area is 226 Å². The van der Waals surface area contributed by atoms with Crippen molar-refractivity contribution < 1.29 is 34.5 Å². The van der Waals surface area contributed by atoms with E-state index in [1.165, 1.54) is 18.3 Å². The number of carbonyl (C=O) groups excluding carboxylic acids is 1. The van der Waals surface area contributed by atoms with E-state index in [0.717, 1.165) is 24.2 Å². The first kappa shape index (κ1) is 29.7. The maximum atomic E-state index is 14.3. The number of para-hydroxylation sites is 1. The first-order chi connectivity index (χ1) is 18.3. The highest BCUT2D eigenvalue weighted by Crippen LogP contribution is 2.37. The van der Waals surface area contributed by atoms with Crippen molar-refractivity contribution in [3.05, 3.63) is 66.3 Å². The number of carbonyl (C=O) groups is 3. The van der Waals surface area contributed by atoms with Gasteiger partial charge in [0.25, 0.3) is 0 Å². The van der Waals surface area contributed by atoms with Crippen LogP contribution in [0, 0.1) is 17.7 Å². The lowest BCUT2D eigenvalue weighted by molar-refractivity contribution is -0.136. The fourth-order valence-electron chi connectivity index (χ4n) is 5.74. The van der Waals surface area contributed by atoms with E-state index in [4.69, 9.17) is 0 Å². The van der Waals surface area contributed by atoms with Crippen LogP contribution in [0.4, 0.5) is 15.9 Å². The largest absolute Gasteiger partial charge is 0.478 e. The fourth-order valence-corrected chi connectivity index (χ4v) is 5.74. The number of carboxylic acids is 2. The Morgan fingerprint density at radius 3 is 2.31 bits per heavy atom. The molecule has 11 heteroatoms. The Morgan fingerprint density at radius 1 is 1.03 bits per heavy atom. The van der Waals surface area contributed by atoms with Gasteiger partial charge >= 0.3 is 11.9 Å². The van der Waals surface area contributed by atoms with Gasteiger partial charge in [-0.3, -0.25) is 14.6 Å². The zero-order valence-corrected chi connectivity index (χ0v) is 21.9. The van der Waals surface area contributed by atoms with E-state index in [1.54, 1.807) is 24.3 Å². The summed E-state index contributed by atoms with van der Waals surface area (Å²) in [5.41, 5.74) is -0.0559. The minimum Gasteiger partial charge on any atom is -0.478 e. The maximum absolute atomic E-state index is 14.3. The molecule has 2 aliphatic rings. The van der Waals surface area contributed by atoms with Crippen molar-refractivity contribution in [1.82, 2.24) is 9.88 Å². The van der Waals surface area contributed by atoms with Gasteiger partial charge in [0, 0.05) is 44.3 Å². The number of amides is 1. The molecule has 3 atom stereocenters. The number of hydrogen-bond acceptors (Lipinski definition) is 6. The summed E-state index contributed by atoms with van der Waals surface area (Å²) in [5.74, 6) is -4.16. The molecule has 1 aliphatic carbocycles. The molecular weight excluding hydrogens is 507 g/mol. The van der Waals surface area contributed by atoms with E-state index in [0.29, 0.717) is 44.4 Å². The molecule has 10 nitrogen and oxygen atoms in total. The number of rotatable bonds is 8. The average Bonchev–Trinajstić information content (AvgIpc) is 2.93. The Kier molecular flexibility index (Phi) is 10.1. The molecule has 4 rings (SSSR count). The number of halogens is 1. The summed E-state index contributed by atoms with van der Waals surface area (Å²) in [7, 11) is 0. The Bertz CT molecular complexity index is 1190. The lowest BCUT2D eigenvalue weighted by Gasteiger charge is -2.45. The maximum Gasteiger partial charge on any atom is 0.353 e. The summed E-state index contributed by atoms with van der Waals surface area (Å²) >= 11 is 0. The summed E-state index contributed by atoms with van der Waals surface area (Å²) in [4.78, 5) is 47.0. The van der Waals surface area contributed by atoms with Gasteiger partial charge in [0.15, 0.2) is 0 Å². The fraction of sp³-hybridized carbons (Fsp3) is 0.429. The Morgan fingerprint density at radius 2 is 1.69 bits per heavy atom. The van der Waals surface area contributed by atoms with Crippen molar-refractivity contribution >= 4 is 29.4 Å². The molecule has 0 radical (unpaired) electrons. The van der Waals surface area contributed by atoms with Gasteiger partial charge in [-0.25, -0.2) is 19.0 Å². The van der Waals surface area contributed by atoms with E-state index >= 15 is 0 Å². The molecule has 4 N–H and O–H groups in total. The van der Waals surface area contributed by atoms with Crippen LogP contribution in [-0.4, -0.2) is 75.6 Å². The second-order valence-corrected chi connectivity index (χ2v) is 9.80. The van der Waals surface area contributed by atoms with E-state index < -0.39 is 29.5 Å². The third-order valence-electron chi connectivity index (χ3n) is 7.66. The van der Waals surface area contributed by atoms with Crippen molar-refractivity contribution in [2.75, 3.05) is 36.0 Å². The molecule has 2 aromatic rings. The van der Waals surface area contributed by atoms with Crippen molar-refractivity contribution in [2.24, 2.45) is 11.8 Å². The van der Waals surface area contributed by atoms with E-state index in [-0.39, 0.29) is 29.1 Å². The highest BCUT2D eigenvalue weighted by atomic mass is 19.1. The van der Waals surface area contributed by atoms with Crippen LogP contribution in [0.3, 0.4) is 0 Å². The Hall–Kier alpha value is -3.83. The zero-order chi connectivity index (χ0) is 27.2. The van der Waals surface area contributed by atoms with Crippen molar-refractivity contribution in [3.63, 3.8) is 0 Å². The molecule has 1 aromatic heterocycles. The number of aromatic nitrogens is 1. The molecule has 1 aliphatic heterocycles. The van der Waals surface area contributed by atoms with Crippen LogP contribution >= 0.6 is 0 Å². The summed E-state index contributed by atoms with van der Waals surface area (Å²) in [6, 6.07) is 11.5. The molecule has 1 saturated carbocycles. The summed E-state index contributed by atoms with van der Waals surface area (Å²) in [5, 5.41) is 19.1. The van der Waals surface area contributed by atoms with Gasteiger partial charge in [-0.05, 0) is 49.9 Å². The van der Waals surface area contributed by atoms with Crippen LogP contribution < -0.4 is 9.80 Å². The third-order valence-corrected chi connectivity index (χ3v) is 7.66. The van der Waals surface area contributed by atoms with Gasteiger partial charge in [-0.1, -0.05) is 31.0 Å². The SMILES string of the molecule is CC(C1CCCCC1C(=O)N(/C(=C\C(=O)O)C(=O)O)c1ccccn1)N1CCN(c2ccccc2F)CC1.O. The van der Waals surface area contributed by atoms with Gasteiger partial charge in [-0.2, -0.15) is 0 Å². The second kappa shape index (κ2) is 13.3. The highest BCUT2D eigenvalue weighted by Gasteiger charge is 2.41. The number of nitrogens with zero attached hydrogens (tertiary/aromatic N) is 4. The predicted octanol–water partition coefficient (Wildman–Crippen LogP) is 2.80. The topological polar surface area (TPSA) is 146 Å². The van der Waals surface area contributed by atoms with Gasteiger partial charge in [0.05, 0.1) is 11.8 Å². The first-order valence-corrected chi connectivity index (χ1v) is 12.9. The highest BCUT2D eigenvalue weighted by molar-refractivity contribution is 6.08. The Balaban J connectivity index is 0.00000420. The van der Waals surface area contributed by atoms with Gasteiger partial charge in [0.1, 0.15) is 17.3 Å². The lowest BCUT2D eigenvalue weighted by atomic mass is 9.74. The van der Waals surface area contributed by atoms with Gasteiger partial charge in [-0.15, -0.1) is 0 Å². The van der Waals surface area contributed by atoms with E-state index in [1.807, 2.05) is 11.0 Å². The smallest absolute Gasteiger partial charge is 0.353 e. The van der Waals surface area contributed by atoms with Crippen molar-refractivity contribution in [3.8, 4) is 0 Å². The molecule has 0 spiro atoms. The number of pyridine rings is 1. The van der Waals surface area contributed by atoms with Crippen molar-refractivity contribution in [1.29, 1.82) is 0 Å². The van der Waals surface area contributed by atoms with Gasteiger partial charge in [0.2, 0.25) is 5.91 Å². The average molecular weight is 543 g/mol. The normalized spacial score (nSPS) is 21.0. The van der Waals surface area contributed by atoms with Crippen LogP contribution in [-0.2, 0) is 14.4 Å². The number of anilines is 2. The summed E-state index contributed by atoms with van der Waals surface area (Å²) in [6.45, 7) is 4.81. The number of piperazine rings is 1. The molecule has 3 unspecified atom stereocenters. The van der Waals surface area contributed by atoms with Crippen LogP contribution in [0.15, 0.2) is 60.4 Å². The van der Waals surface area contributed by atoms with Crippen molar-refractivity contribution in [2.45, 2.75) is 38.6 Å². The quantitative estimate of drug-likeness (QED) is 0.484. The standard InChI is InChI=1S/C28H33FN4O5.H2O/c1-19(31-14-16-32(17-15-31)23-11-5-4-10-22(23)29)20-8-2-3-9-21(20)27(36)33(25-12-6-7-13-30-25)24(28(37)38)18-26(34)35;/h4-7,10-13,18-21H,2-3,8-9,14-17H2,1H3,(H,34,35)(H,37,38);1H2/b24-18-;. The predicted molar refractivity (Wildman–Crippen MR) is 144 cm³/mol. The second-order valence-electron chi connectivity index (χ2n) is 9.80. The summed E-state index contributed by atoms with van der Waals surface area (Å²) in [6.07, 6.45) is 5.12. The monoisotopic (exact) mass is 542 g/mol. The molecule has 39 heavy (non-hydrogen) atoms. The molecule has 210 valence electrons. The first-order valence-electron chi connectivity index (χ1n) is 12.9. The molecule has 2 heterocycles. The number of benzene rings is 1. The molecule has 1 saturated heterocycles. The van der Waals surface area contributed by atoms with Gasteiger partial charge < -0.3 is 20.6 Å². The number of hydrogen-bond donors (Lipinski definition) is 2. The molecule has 0 bridgehead atoms. The lowest BCUT2D eigenvalue weighted by Crippen LogP contribution is -2.54. The number of carboxylic acid groups (broad SMARTS) is 2. The van der Waals surface area contributed by atoms with Crippen LogP contribution in [0.2, 0.25) is 0 Å². The molecule has 1 aromatic carbocycles. The van der Waals surface area contributed by atoms with E-state index in [9.17, 15) is 29.0 Å². The van der Waals surface area contributed by atoms with Crippen LogP contribution in [0.5, 0.6) is 0 Å². The third kappa shape index (κ3) is 6.79. The minimum absolute atomic E-state index is 0. The van der Waals surface area contributed by atoms with Crippen LogP contribution in [0.25, 0.3) is 0 Å². The number of aliphatic carboxylic acids is 2.